The van der Waals surface area contributed by atoms with Gasteiger partial charge in [-0.1, -0.05) is 44.2 Å². The van der Waals surface area contributed by atoms with Crippen molar-refractivity contribution >= 4 is 5.97 Å². The van der Waals surface area contributed by atoms with E-state index in [1.54, 1.807) is 0 Å². The molecule has 1 heterocycles. The molecule has 0 amide bonds. The molecule has 1 spiro atoms. The van der Waals surface area contributed by atoms with E-state index in [1.165, 1.54) is 12.7 Å². The number of benzene rings is 1. The van der Waals surface area contributed by atoms with E-state index < -0.39 is 5.60 Å². The van der Waals surface area contributed by atoms with E-state index >= 15 is 0 Å². The van der Waals surface area contributed by atoms with Crippen LogP contribution in [0.15, 0.2) is 30.3 Å². The molecule has 0 bridgehead atoms. The number of hydrogen-bond donors (Lipinski definition) is 0. The Hall–Kier alpha value is -1.39. The molecule has 1 saturated carbocycles. The SMILES string of the molecule is COC(=O)C1(C(C)C)OC12CC(OCc1ccccc1)C2. The summed E-state index contributed by atoms with van der Waals surface area (Å²) in [5.41, 5.74) is 0.0579. The van der Waals surface area contributed by atoms with Gasteiger partial charge in [-0.15, -0.1) is 0 Å². The maximum atomic E-state index is 12.0. The molecule has 1 aliphatic carbocycles. The smallest absolute Gasteiger partial charge is 0.341 e. The molecule has 1 aliphatic heterocycles. The first-order chi connectivity index (χ1) is 10.0. The van der Waals surface area contributed by atoms with E-state index in [1.807, 2.05) is 32.0 Å². The standard InChI is InChI=1S/C17H22O4/c1-12(2)17(15(18)19-3)16(21-17)9-14(10-16)20-11-13-7-5-4-6-8-13/h4-8,12,14H,9-11H2,1-3H3. The van der Waals surface area contributed by atoms with Gasteiger partial charge in [-0.25, -0.2) is 4.79 Å². The van der Waals surface area contributed by atoms with Crippen molar-refractivity contribution in [2.24, 2.45) is 5.92 Å². The summed E-state index contributed by atoms with van der Waals surface area (Å²) in [7, 11) is 1.42. The quantitative estimate of drug-likeness (QED) is 0.618. The van der Waals surface area contributed by atoms with Gasteiger partial charge in [-0.05, 0) is 11.5 Å². The average molecular weight is 290 g/mol. The van der Waals surface area contributed by atoms with Crippen molar-refractivity contribution in [1.29, 1.82) is 0 Å². The minimum Gasteiger partial charge on any atom is -0.467 e. The van der Waals surface area contributed by atoms with Gasteiger partial charge in [-0.2, -0.15) is 0 Å². The Morgan fingerprint density at radius 3 is 2.57 bits per heavy atom. The summed E-state index contributed by atoms with van der Waals surface area (Å²) in [5.74, 6) is -0.140. The Labute approximate surface area is 125 Å². The molecular weight excluding hydrogens is 268 g/mol. The zero-order valence-corrected chi connectivity index (χ0v) is 12.8. The molecule has 2 aliphatic rings. The molecule has 3 rings (SSSR count). The highest BCUT2D eigenvalue weighted by molar-refractivity contribution is 5.85. The van der Waals surface area contributed by atoms with Gasteiger partial charge < -0.3 is 14.2 Å². The number of carbonyl (C=O) groups is 1. The van der Waals surface area contributed by atoms with Crippen LogP contribution < -0.4 is 0 Å². The number of carbonyl (C=O) groups excluding carboxylic acids is 1. The van der Waals surface area contributed by atoms with E-state index in [4.69, 9.17) is 14.2 Å². The molecule has 21 heavy (non-hydrogen) atoms. The van der Waals surface area contributed by atoms with Crippen molar-refractivity contribution in [3.05, 3.63) is 35.9 Å². The molecular formula is C17H22O4. The van der Waals surface area contributed by atoms with E-state index in [2.05, 4.69) is 12.1 Å². The third kappa shape index (κ3) is 2.17. The van der Waals surface area contributed by atoms with Crippen molar-refractivity contribution in [3.8, 4) is 0 Å². The second-order valence-corrected chi connectivity index (χ2v) is 6.31. The zero-order valence-electron chi connectivity index (χ0n) is 12.8. The van der Waals surface area contributed by atoms with Gasteiger partial charge in [0.05, 0.1) is 19.8 Å². The molecule has 4 nitrogen and oxygen atoms in total. The third-order valence-electron chi connectivity index (χ3n) is 4.74. The summed E-state index contributed by atoms with van der Waals surface area (Å²) < 4.78 is 16.7. The van der Waals surface area contributed by atoms with Gasteiger partial charge in [0.25, 0.3) is 0 Å². The zero-order chi connectivity index (χ0) is 15.1. The van der Waals surface area contributed by atoms with Gasteiger partial charge in [0.15, 0.2) is 5.60 Å². The fraction of sp³-hybridized carbons (Fsp3) is 0.588. The van der Waals surface area contributed by atoms with Crippen LogP contribution in [-0.4, -0.2) is 30.4 Å². The lowest BCUT2D eigenvalue weighted by atomic mass is 9.69. The maximum Gasteiger partial charge on any atom is 0.341 e. The minimum absolute atomic E-state index is 0.111. The lowest BCUT2D eigenvalue weighted by molar-refractivity contribution is -0.149. The number of methoxy groups -OCH3 is 1. The number of epoxide rings is 1. The minimum atomic E-state index is -0.756. The topological polar surface area (TPSA) is 48.1 Å². The van der Waals surface area contributed by atoms with E-state index in [9.17, 15) is 4.79 Å². The van der Waals surface area contributed by atoms with E-state index in [0.717, 1.165) is 12.8 Å². The van der Waals surface area contributed by atoms with Crippen LogP contribution in [0.4, 0.5) is 0 Å². The Kier molecular flexibility index (Phi) is 3.54. The molecule has 114 valence electrons. The first kappa shape index (κ1) is 14.5. The van der Waals surface area contributed by atoms with Crippen LogP contribution in [0.25, 0.3) is 0 Å². The van der Waals surface area contributed by atoms with Gasteiger partial charge in [0.2, 0.25) is 0 Å². The fourth-order valence-electron chi connectivity index (χ4n) is 3.51. The third-order valence-corrected chi connectivity index (χ3v) is 4.74. The Bertz CT molecular complexity index is 519. The summed E-state index contributed by atoms with van der Waals surface area (Å²) in [6.45, 7) is 4.61. The van der Waals surface area contributed by atoms with Crippen molar-refractivity contribution in [1.82, 2.24) is 0 Å². The van der Waals surface area contributed by atoms with Crippen molar-refractivity contribution in [2.45, 2.75) is 50.6 Å². The predicted molar refractivity (Wildman–Crippen MR) is 77.7 cm³/mol. The number of esters is 1. The molecule has 0 N–H and O–H groups in total. The number of rotatable bonds is 5. The molecule has 2 fully saturated rings. The molecule has 0 aromatic heterocycles. The van der Waals surface area contributed by atoms with Gasteiger partial charge in [-0.3, -0.25) is 0 Å². The first-order valence-electron chi connectivity index (χ1n) is 7.48. The van der Waals surface area contributed by atoms with Gasteiger partial charge in [0, 0.05) is 12.8 Å². The number of hydrogen-bond acceptors (Lipinski definition) is 4. The van der Waals surface area contributed by atoms with Crippen LogP contribution in [0.5, 0.6) is 0 Å². The fourth-order valence-corrected chi connectivity index (χ4v) is 3.51. The number of ether oxygens (including phenoxy) is 3. The monoisotopic (exact) mass is 290 g/mol. The van der Waals surface area contributed by atoms with Crippen molar-refractivity contribution in [2.75, 3.05) is 7.11 Å². The molecule has 1 unspecified atom stereocenters. The van der Waals surface area contributed by atoms with Crippen LogP contribution in [-0.2, 0) is 25.6 Å². The summed E-state index contributed by atoms with van der Waals surface area (Å²) in [6.07, 6.45) is 1.70. The maximum absolute atomic E-state index is 12.0. The van der Waals surface area contributed by atoms with Crippen LogP contribution in [0.1, 0.15) is 32.3 Å². The van der Waals surface area contributed by atoms with Crippen LogP contribution >= 0.6 is 0 Å². The molecule has 1 atom stereocenters. The molecule has 1 aromatic carbocycles. The van der Waals surface area contributed by atoms with Gasteiger partial charge >= 0.3 is 5.97 Å². The highest BCUT2D eigenvalue weighted by Gasteiger charge is 2.80. The second kappa shape index (κ2) is 5.11. The predicted octanol–water partition coefficient (Wildman–Crippen LogP) is 2.70. The summed E-state index contributed by atoms with van der Waals surface area (Å²) in [5, 5.41) is 0. The van der Waals surface area contributed by atoms with Crippen LogP contribution in [0.2, 0.25) is 0 Å². The van der Waals surface area contributed by atoms with Crippen LogP contribution in [0.3, 0.4) is 0 Å². The molecule has 4 heteroatoms. The van der Waals surface area contributed by atoms with Gasteiger partial charge in [0.1, 0.15) is 5.60 Å². The summed E-state index contributed by atoms with van der Waals surface area (Å²) >= 11 is 0. The van der Waals surface area contributed by atoms with E-state index in [-0.39, 0.29) is 23.6 Å². The molecule has 1 saturated heterocycles. The normalized spacial score (nSPS) is 33.8. The second-order valence-electron chi connectivity index (χ2n) is 6.31. The average Bonchev–Trinajstić information content (AvgIpc) is 3.16. The first-order valence-corrected chi connectivity index (χ1v) is 7.48. The largest absolute Gasteiger partial charge is 0.467 e. The summed E-state index contributed by atoms with van der Waals surface area (Å²) in [6, 6.07) is 10.1. The highest BCUT2D eigenvalue weighted by atomic mass is 16.7. The van der Waals surface area contributed by atoms with E-state index in [0.29, 0.717) is 6.61 Å². The Morgan fingerprint density at radius 2 is 2.00 bits per heavy atom. The summed E-state index contributed by atoms with van der Waals surface area (Å²) in [4.78, 5) is 12.0. The van der Waals surface area contributed by atoms with Crippen LogP contribution in [0, 0.1) is 5.92 Å². The Morgan fingerprint density at radius 1 is 1.33 bits per heavy atom. The molecule has 0 radical (unpaired) electrons. The van der Waals surface area contributed by atoms with Crippen molar-refractivity contribution < 1.29 is 19.0 Å². The lowest BCUT2D eigenvalue weighted by Crippen LogP contribution is -2.49. The van der Waals surface area contributed by atoms with Crippen molar-refractivity contribution in [3.63, 3.8) is 0 Å². The lowest BCUT2D eigenvalue weighted by Gasteiger charge is -2.35. The Balaban J connectivity index is 1.55. The molecule has 1 aromatic rings. The highest BCUT2D eigenvalue weighted by Crippen LogP contribution is 2.64.